The fraction of sp³-hybridized carbons (Fsp3) is 0.421. The van der Waals surface area contributed by atoms with Crippen LogP contribution in [-0.2, 0) is 4.79 Å². The van der Waals surface area contributed by atoms with Crippen molar-refractivity contribution in [2.24, 2.45) is 0 Å². The third-order valence-electron chi connectivity index (χ3n) is 4.42. The van der Waals surface area contributed by atoms with Gasteiger partial charge in [0.15, 0.2) is 0 Å². The van der Waals surface area contributed by atoms with Gasteiger partial charge in [-0.3, -0.25) is 9.69 Å². The molecule has 4 heteroatoms. The first-order valence-corrected chi connectivity index (χ1v) is 9.18. The first-order chi connectivity index (χ1) is 11.1. The molecule has 1 fully saturated rings. The summed E-state index contributed by atoms with van der Waals surface area (Å²) in [6.45, 7) is 5.80. The largest absolute Gasteiger partial charge is 0.325 e. The van der Waals surface area contributed by atoms with E-state index in [0.29, 0.717) is 18.5 Å². The third kappa shape index (κ3) is 4.01. The minimum Gasteiger partial charge on any atom is -0.325 e. The number of amides is 1. The van der Waals surface area contributed by atoms with E-state index in [9.17, 15) is 4.79 Å². The number of hydrogen-bond donors (Lipinski definition) is 1. The van der Waals surface area contributed by atoms with Crippen LogP contribution in [0.4, 0.5) is 5.69 Å². The lowest BCUT2D eigenvalue weighted by Crippen LogP contribution is -2.32. The van der Waals surface area contributed by atoms with Crippen molar-refractivity contribution in [1.29, 1.82) is 0 Å². The Morgan fingerprint density at radius 1 is 1.35 bits per heavy atom. The summed E-state index contributed by atoms with van der Waals surface area (Å²) in [6.07, 6.45) is 2.31. The standard InChI is InChI=1S/C19H24N2OS/c1-14(2)15-6-3-7-16(12-15)20-19(22)13-21-10-4-8-17(21)18-9-5-11-23-18/h3,5-7,9,11-12,14,17H,4,8,10,13H2,1-2H3,(H,20,22). The maximum atomic E-state index is 12.4. The van der Waals surface area contributed by atoms with Gasteiger partial charge in [0.25, 0.3) is 0 Å². The highest BCUT2D eigenvalue weighted by Crippen LogP contribution is 2.34. The summed E-state index contributed by atoms with van der Waals surface area (Å²) in [5.41, 5.74) is 2.15. The van der Waals surface area contributed by atoms with Gasteiger partial charge in [-0.05, 0) is 54.4 Å². The van der Waals surface area contributed by atoms with E-state index in [2.05, 4.69) is 53.7 Å². The van der Waals surface area contributed by atoms with Crippen LogP contribution >= 0.6 is 11.3 Å². The first kappa shape index (κ1) is 16.2. The molecule has 2 aromatic rings. The average Bonchev–Trinajstić information content (AvgIpc) is 3.18. The predicted molar refractivity (Wildman–Crippen MR) is 97.0 cm³/mol. The van der Waals surface area contributed by atoms with Gasteiger partial charge in [-0.2, -0.15) is 0 Å². The van der Waals surface area contributed by atoms with E-state index in [1.807, 2.05) is 12.1 Å². The highest BCUT2D eigenvalue weighted by atomic mass is 32.1. The number of hydrogen-bond acceptors (Lipinski definition) is 3. The van der Waals surface area contributed by atoms with Crippen molar-refractivity contribution >= 4 is 22.9 Å². The number of carbonyl (C=O) groups is 1. The molecule has 0 saturated carbocycles. The number of rotatable bonds is 5. The molecule has 1 aromatic heterocycles. The molecule has 0 spiro atoms. The van der Waals surface area contributed by atoms with Crippen molar-refractivity contribution in [2.45, 2.75) is 38.6 Å². The van der Waals surface area contributed by atoms with Crippen LogP contribution in [0.25, 0.3) is 0 Å². The summed E-state index contributed by atoms with van der Waals surface area (Å²) < 4.78 is 0. The normalized spacial score (nSPS) is 18.5. The summed E-state index contributed by atoms with van der Waals surface area (Å²) in [7, 11) is 0. The van der Waals surface area contributed by atoms with E-state index in [1.165, 1.54) is 16.9 Å². The summed E-state index contributed by atoms with van der Waals surface area (Å²) >= 11 is 1.79. The van der Waals surface area contributed by atoms with Crippen LogP contribution < -0.4 is 5.32 Å². The Bertz CT molecular complexity index is 651. The van der Waals surface area contributed by atoms with Gasteiger partial charge in [0, 0.05) is 16.6 Å². The maximum Gasteiger partial charge on any atom is 0.238 e. The van der Waals surface area contributed by atoms with Gasteiger partial charge < -0.3 is 5.32 Å². The van der Waals surface area contributed by atoms with E-state index < -0.39 is 0 Å². The highest BCUT2D eigenvalue weighted by molar-refractivity contribution is 7.10. The van der Waals surface area contributed by atoms with E-state index >= 15 is 0 Å². The van der Waals surface area contributed by atoms with Crippen molar-refractivity contribution in [1.82, 2.24) is 4.90 Å². The zero-order valence-corrected chi connectivity index (χ0v) is 14.6. The lowest BCUT2D eigenvalue weighted by Gasteiger charge is -2.23. The molecule has 3 nitrogen and oxygen atoms in total. The van der Waals surface area contributed by atoms with Crippen molar-refractivity contribution < 1.29 is 4.79 Å². The number of likely N-dealkylation sites (tertiary alicyclic amines) is 1. The van der Waals surface area contributed by atoms with Crippen LogP contribution in [0, 0.1) is 0 Å². The van der Waals surface area contributed by atoms with Gasteiger partial charge in [0.1, 0.15) is 0 Å². The molecule has 1 atom stereocenters. The molecule has 1 aliphatic heterocycles. The van der Waals surface area contributed by atoms with E-state index in [0.717, 1.165) is 18.7 Å². The molecule has 0 aliphatic carbocycles. The van der Waals surface area contributed by atoms with Crippen molar-refractivity contribution in [3.8, 4) is 0 Å². The Hall–Kier alpha value is -1.65. The molecule has 1 aromatic carbocycles. The van der Waals surface area contributed by atoms with Gasteiger partial charge in [-0.15, -0.1) is 11.3 Å². The van der Waals surface area contributed by atoms with Crippen LogP contribution in [0.5, 0.6) is 0 Å². The molecule has 1 amide bonds. The van der Waals surface area contributed by atoms with Crippen molar-refractivity contribution in [3.63, 3.8) is 0 Å². The van der Waals surface area contributed by atoms with Crippen molar-refractivity contribution in [3.05, 3.63) is 52.2 Å². The molecule has 3 rings (SSSR count). The molecule has 1 N–H and O–H groups in total. The quantitative estimate of drug-likeness (QED) is 0.866. The van der Waals surface area contributed by atoms with Crippen LogP contribution in [0.1, 0.15) is 49.1 Å². The monoisotopic (exact) mass is 328 g/mol. The van der Waals surface area contributed by atoms with E-state index in [1.54, 1.807) is 11.3 Å². The number of nitrogens with one attached hydrogen (secondary N) is 1. The second-order valence-electron chi connectivity index (χ2n) is 6.47. The summed E-state index contributed by atoms with van der Waals surface area (Å²) in [4.78, 5) is 16.1. The Morgan fingerprint density at radius 3 is 2.96 bits per heavy atom. The molecular weight excluding hydrogens is 304 g/mol. The molecule has 0 radical (unpaired) electrons. The highest BCUT2D eigenvalue weighted by Gasteiger charge is 2.28. The topological polar surface area (TPSA) is 32.3 Å². The van der Waals surface area contributed by atoms with Gasteiger partial charge >= 0.3 is 0 Å². The fourth-order valence-corrected chi connectivity index (χ4v) is 4.07. The fourth-order valence-electron chi connectivity index (χ4n) is 3.18. The van der Waals surface area contributed by atoms with E-state index in [-0.39, 0.29) is 5.91 Å². The summed E-state index contributed by atoms with van der Waals surface area (Å²) in [6, 6.07) is 12.8. The molecule has 122 valence electrons. The molecule has 2 heterocycles. The van der Waals surface area contributed by atoms with Gasteiger partial charge in [0.2, 0.25) is 5.91 Å². The van der Waals surface area contributed by atoms with Crippen LogP contribution in [0.3, 0.4) is 0 Å². The number of thiophene rings is 1. The minimum absolute atomic E-state index is 0.0781. The maximum absolute atomic E-state index is 12.4. The lowest BCUT2D eigenvalue weighted by molar-refractivity contribution is -0.117. The molecule has 0 bridgehead atoms. The Labute approximate surface area is 142 Å². The van der Waals surface area contributed by atoms with E-state index in [4.69, 9.17) is 0 Å². The molecule has 23 heavy (non-hydrogen) atoms. The van der Waals surface area contributed by atoms with Crippen molar-refractivity contribution in [2.75, 3.05) is 18.4 Å². The molecule has 1 aliphatic rings. The second-order valence-corrected chi connectivity index (χ2v) is 7.45. The molecule has 1 saturated heterocycles. The minimum atomic E-state index is 0.0781. The molecular formula is C19H24N2OS. The number of benzene rings is 1. The smallest absolute Gasteiger partial charge is 0.238 e. The second kappa shape index (κ2) is 7.28. The van der Waals surface area contributed by atoms with Gasteiger partial charge in [0.05, 0.1) is 6.54 Å². The van der Waals surface area contributed by atoms with Gasteiger partial charge in [-0.1, -0.05) is 32.0 Å². The SMILES string of the molecule is CC(C)c1cccc(NC(=O)CN2CCCC2c2cccs2)c1. The molecule has 1 unspecified atom stereocenters. The summed E-state index contributed by atoms with van der Waals surface area (Å²) in [5.74, 6) is 0.544. The average molecular weight is 328 g/mol. The zero-order valence-electron chi connectivity index (χ0n) is 13.8. The van der Waals surface area contributed by atoms with Crippen LogP contribution in [-0.4, -0.2) is 23.9 Å². The van der Waals surface area contributed by atoms with Crippen LogP contribution in [0.2, 0.25) is 0 Å². The number of nitrogens with zero attached hydrogens (tertiary/aromatic N) is 1. The third-order valence-corrected chi connectivity index (χ3v) is 5.39. The number of carbonyl (C=O) groups excluding carboxylic acids is 1. The Kier molecular flexibility index (Phi) is 5.13. The zero-order chi connectivity index (χ0) is 16.2. The summed E-state index contributed by atoms with van der Waals surface area (Å²) in [5, 5.41) is 5.17. The Morgan fingerprint density at radius 2 is 2.22 bits per heavy atom. The Balaban J connectivity index is 1.62. The number of anilines is 1. The predicted octanol–water partition coefficient (Wildman–Crippen LogP) is 4.65. The van der Waals surface area contributed by atoms with Gasteiger partial charge in [-0.25, -0.2) is 0 Å². The first-order valence-electron chi connectivity index (χ1n) is 8.31. The van der Waals surface area contributed by atoms with Crippen LogP contribution in [0.15, 0.2) is 41.8 Å². The lowest BCUT2D eigenvalue weighted by atomic mass is 10.0.